The van der Waals surface area contributed by atoms with E-state index >= 15 is 0 Å². The van der Waals surface area contributed by atoms with Crippen LogP contribution < -0.4 is 10.2 Å². The maximum absolute atomic E-state index is 14.2. The Labute approximate surface area is 178 Å². The SMILES string of the molecule is Oc1cc(-c2cn[nH]c2)ccc1-c1ncc(N(C2CC2)[C@H]2C[C@@H]3C[C@H](F)[C@H](C2)N3)nn1. The third-order valence-corrected chi connectivity index (χ3v) is 6.70. The van der Waals surface area contributed by atoms with Crippen LogP contribution in [0.4, 0.5) is 10.2 Å². The summed E-state index contributed by atoms with van der Waals surface area (Å²) >= 11 is 0. The number of rotatable bonds is 5. The number of alkyl halides is 1. The standard InChI is InChI=1S/C22H24FN7O/c23-18-7-14-6-16(8-19(18)27-14)30(15-2-3-15)21-11-24-22(29-28-21)17-4-1-12(5-20(17)31)13-9-25-26-10-13/h1,4-5,9-11,14-16,18-19,27,31H,2-3,6-8H2,(H,25,26)/t14-,16+,18+,19+/m1/s1. The first-order chi connectivity index (χ1) is 15.2. The number of nitrogens with one attached hydrogen (secondary N) is 2. The molecule has 2 bridgehead atoms. The Kier molecular flexibility index (Phi) is 4.38. The number of hydrogen-bond acceptors (Lipinski definition) is 7. The molecular weight excluding hydrogens is 397 g/mol. The maximum atomic E-state index is 14.2. The van der Waals surface area contributed by atoms with Gasteiger partial charge in [-0.2, -0.15) is 5.10 Å². The molecule has 4 heterocycles. The lowest BCUT2D eigenvalue weighted by Crippen LogP contribution is -2.50. The molecule has 2 aromatic heterocycles. The monoisotopic (exact) mass is 421 g/mol. The first-order valence-corrected chi connectivity index (χ1v) is 10.9. The minimum absolute atomic E-state index is 0.0594. The lowest BCUT2D eigenvalue weighted by Gasteiger charge is -2.38. The fourth-order valence-corrected chi connectivity index (χ4v) is 5.08. The number of anilines is 1. The second-order valence-electron chi connectivity index (χ2n) is 8.84. The molecule has 31 heavy (non-hydrogen) atoms. The second kappa shape index (κ2) is 7.26. The molecule has 4 atom stereocenters. The Bertz CT molecular complexity index is 1070. The number of aromatic hydroxyl groups is 1. The lowest BCUT2D eigenvalue weighted by atomic mass is 9.98. The molecule has 1 saturated carbocycles. The third kappa shape index (κ3) is 3.42. The van der Waals surface area contributed by atoms with Crippen LogP contribution in [-0.2, 0) is 0 Å². The van der Waals surface area contributed by atoms with Crippen molar-refractivity contribution in [2.45, 2.75) is 62.4 Å². The van der Waals surface area contributed by atoms with Crippen molar-refractivity contribution in [1.82, 2.24) is 30.7 Å². The van der Waals surface area contributed by atoms with E-state index in [1.165, 1.54) is 0 Å². The topological polar surface area (TPSA) is 103 Å². The van der Waals surface area contributed by atoms with Crippen molar-refractivity contribution in [2.24, 2.45) is 0 Å². The Hall–Kier alpha value is -3.07. The Morgan fingerprint density at radius 2 is 1.94 bits per heavy atom. The predicted molar refractivity (Wildman–Crippen MR) is 113 cm³/mol. The van der Waals surface area contributed by atoms with Crippen LogP contribution >= 0.6 is 0 Å². The molecule has 1 aliphatic carbocycles. The summed E-state index contributed by atoms with van der Waals surface area (Å²) in [5.41, 5.74) is 2.28. The molecule has 0 amide bonds. The molecule has 0 spiro atoms. The molecule has 8 nitrogen and oxygen atoms in total. The molecule has 3 N–H and O–H groups in total. The van der Waals surface area contributed by atoms with Crippen molar-refractivity contribution in [1.29, 1.82) is 0 Å². The molecule has 2 aliphatic heterocycles. The summed E-state index contributed by atoms with van der Waals surface area (Å²) in [6, 6.07) is 6.23. The minimum Gasteiger partial charge on any atom is -0.507 e. The van der Waals surface area contributed by atoms with Crippen molar-refractivity contribution < 1.29 is 9.50 Å². The van der Waals surface area contributed by atoms with Gasteiger partial charge in [0.15, 0.2) is 11.6 Å². The van der Waals surface area contributed by atoms with Crippen LogP contribution in [0.15, 0.2) is 36.8 Å². The second-order valence-corrected chi connectivity index (χ2v) is 8.84. The molecule has 0 unspecified atom stereocenters. The van der Waals surface area contributed by atoms with Gasteiger partial charge in [0, 0.05) is 35.9 Å². The van der Waals surface area contributed by atoms with E-state index in [1.54, 1.807) is 30.7 Å². The summed E-state index contributed by atoms with van der Waals surface area (Å²) in [6.07, 6.45) is 9.02. The van der Waals surface area contributed by atoms with E-state index < -0.39 is 6.17 Å². The summed E-state index contributed by atoms with van der Waals surface area (Å²) in [4.78, 5) is 6.82. The number of aromatic amines is 1. The van der Waals surface area contributed by atoms with Gasteiger partial charge in [-0.05, 0) is 49.8 Å². The number of phenols is 1. The lowest BCUT2D eigenvalue weighted by molar-refractivity contribution is 0.271. The van der Waals surface area contributed by atoms with E-state index in [-0.39, 0.29) is 23.9 Å². The number of benzene rings is 1. The largest absolute Gasteiger partial charge is 0.507 e. The van der Waals surface area contributed by atoms with E-state index in [0.717, 1.165) is 42.6 Å². The van der Waals surface area contributed by atoms with Gasteiger partial charge in [-0.25, -0.2) is 9.37 Å². The average molecular weight is 421 g/mol. The zero-order valence-electron chi connectivity index (χ0n) is 16.9. The Morgan fingerprint density at radius 3 is 2.61 bits per heavy atom. The van der Waals surface area contributed by atoms with Crippen molar-refractivity contribution >= 4 is 5.82 Å². The van der Waals surface area contributed by atoms with Crippen LogP contribution in [0, 0.1) is 0 Å². The fourth-order valence-electron chi connectivity index (χ4n) is 5.08. The average Bonchev–Trinajstić information content (AvgIpc) is 3.37. The summed E-state index contributed by atoms with van der Waals surface area (Å²) in [5.74, 6) is 1.21. The van der Waals surface area contributed by atoms with Crippen molar-refractivity contribution in [3.8, 4) is 28.3 Å². The highest BCUT2D eigenvalue weighted by atomic mass is 19.1. The zero-order valence-corrected chi connectivity index (χ0v) is 16.9. The van der Waals surface area contributed by atoms with E-state index in [0.29, 0.717) is 23.9 Å². The third-order valence-electron chi connectivity index (χ3n) is 6.70. The van der Waals surface area contributed by atoms with Gasteiger partial charge in [-0.1, -0.05) is 6.07 Å². The van der Waals surface area contributed by atoms with Crippen LogP contribution in [-0.4, -0.2) is 60.8 Å². The molecule has 0 radical (unpaired) electrons. The van der Waals surface area contributed by atoms with Gasteiger partial charge < -0.3 is 15.3 Å². The molecule has 3 fully saturated rings. The van der Waals surface area contributed by atoms with Gasteiger partial charge in [-0.15, -0.1) is 10.2 Å². The Morgan fingerprint density at radius 1 is 1.03 bits per heavy atom. The predicted octanol–water partition coefficient (Wildman–Crippen LogP) is 2.83. The molecular formula is C22H24FN7O. The minimum atomic E-state index is -0.754. The number of halogens is 1. The van der Waals surface area contributed by atoms with Crippen LogP contribution in [0.5, 0.6) is 5.75 Å². The molecule has 6 rings (SSSR count). The summed E-state index contributed by atoms with van der Waals surface area (Å²) < 4.78 is 14.2. The molecule has 9 heteroatoms. The number of hydrogen-bond donors (Lipinski definition) is 3. The quantitative estimate of drug-likeness (QED) is 0.582. The van der Waals surface area contributed by atoms with E-state index in [4.69, 9.17) is 0 Å². The smallest absolute Gasteiger partial charge is 0.185 e. The van der Waals surface area contributed by atoms with Gasteiger partial charge in [0.05, 0.1) is 18.0 Å². The number of piperidine rings is 1. The first-order valence-electron chi connectivity index (χ1n) is 10.9. The van der Waals surface area contributed by atoms with Gasteiger partial charge in [0.1, 0.15) is 11.9 Å². The molecule has 2 saturated heterocycles. The van der Waals surface area contributed by atoms with Gasteiger partial charge in [0.2, 0.25) is 0 Å². The first kappa shape index (κ1) is 18.7. The number of aromatic nitrogens is 5. The van der Waals surface area contributed by atoms with Crippen molar-refractivity contribution in [3.63, 3.8) is 0 Å². The van der Waals surface area contributed by atoms with Crippen molar-refractivity contribution in [2.75, 3.05) is 4.90 Å². The fraction of sp³-hybridized carbons (Fsp3) is 0.455. The maximum Gasteiger partial charge on any atom is 0.185 e. The molecule has 160 valence electrons. The summed E-state index contributed by atoms with van der Waals surface area (Å²) in [6.45, 7) is 0. The van der Waals surface area contributed by atoms with Crippen LogP contribution in [0.1, 0.15) is 32.1 Å². The Balaban J connectivity index is 1.25. The van der Waals surface area contributed by atoms with E-state index in [2.05, 4.69) is 35.6 Å². The van der Waals surface area contributed by atoms with Gasteiger partial charge >= 0.3 is 0 Å². The number of fused-ring (bicyclic) bond motifs is 2. The number of nitrogens with zero attached hydrogens (tertiary/aromatic N) is 5. The van der Waals surface area contributed by atoms with Crippen LogP contribution in [0.2, 0.25) is 0 Å². The molecule has 3 aliphatic rings. The van der Waals surface area contributed by atoms with E-state index in [1.807, 2.05) is 6.07 Å². The molecule has 1 aromatic carbocycles. The van der Waals surface area contributed by atoms with Crippen molar-refractivity contribution in [3.05, 3.63) is 36.8 Å². The highest BCUT2D eigenvalue weighted by molar-refractivity contribution is 5.72. The summed E-state index contributed by atoms with van der Waals surface area (Å²) in [5, 5.41) is 29.4. The van der Waals surface area contributed by atoms with Crippen LogP contribution in [0.3, 0.4) is 0 Å². The van der Waals surface area contributed by atoms with E-state index in [9.17, 15) is 9.50 Å². The van der Waals surface area contributed by atoms with Gasteiger partial charge in [0.25, 0.3) is 0 Å². The number of H-pyrrole nitrogens is 1. The normalized spacial score (nSPS) is 27.4. The highest BCUT2D eigenvalue weighted by Gasteiger charge is 2.45. The highest BCUT2D eigenvalue weighted by Crippen LogP contribution is 2.39. The molecule has 3 aromatic rings. The summed E-state index contributed by atoms with van der Waals surface area (Å²) in [7, 11) is 0. The van der Waals surface area contributed by atoms with Crippen LogP contribution in [0.25, 0.3) is 22.5 Å². The van der Waals surface area contributed by atoms with Gasteiger partial charge in [-0.3, -0.25) is 5.10 Å². The zero-order chi connectivity index (χ0) is 20.9. The number of phenolic OH excluding ortho intramolecular Hbond substituents is 1.